The molecular weight excluding hydrogens is 455 g/mol. The van der Waals surface area contributed by atoms with Gasteiger partial charge in [-0.05, 0) is 50.1 Å². The number of methoxy groups -OCH3 is 1. The maximum atomic E-state index is 13.7. The van der Waals surface area contributed by atoms with Crippen molar-refractivity contribution in [3.05, 3.63) is 65.4 Å². The van der Waals surface area contributed by atoms with Gasteiger partial charge in [0, 0.05) is 31.0 Å². The number of ether oxygens (including phenoxy) is 2. The van der Waals surface area contributed by atoms with E-state index in [1.165, 1.54) is 25.3 Å². The number of rotatable bonds is 9. The molecule has 9 nitrogen and oxygen atoms in total. The number of hydrogen-bond donors (Lipinski definition) is 2. The van der Waals surface area contributed by atoms with E-state index in [0.29, 0.717) is 54.3 Å². The summed E-state index contributed by atoms with van der Waals surface area (Å²) in [6.45, 7) is 5.25. The predicted molar refractivity (Wildman–Crippen MR) is 126 cm³/mol. The molecule has 2 heterocycles. The number of nitrogens with zero attached hydrogens (tertiary/aromatic N) is 3. The molecule has 0 spiro atoms. The normalized spacial score (nSPS) is 15.9. The average molecular weight is 483 g/mol. The van der Waals surface area contributed by atoms with Gasteiger partial charge in [-0.2, -0.15) is 4.98 Å². The van der Waals surface area contributed by atoms with Gasteiger partial charge in [-0.25, -0.2) is 9.18 Å². The van der Waals surface area contributed by atoms with Crippen LogP contribution in [0.25, 0.3) is 17.0 Å². The van der Waals surface area contributed by atoms with Gasteiger partial charge in [0.25, 0.3) is 5.89 Å². The summed E-state index contributed by atoms with van der Waals surface area (Å²) in [6, 6.07) is 9.80. The molecule has 1 aliphatic rings. The van der Waals surface area contributed by atoms with Crippen molar-refractivity contribution in [1.82, 2.24) is 20.4 Å². The average Bonchev–Trinajstić information content (AvgIpc) is 3.33. The number of halogens is 1. The second-order valence-corrected chi connectivity index (χ2v) is 7.95. The molecule has 2 aromatic carbocycles. The van der Waals surface area contributed by atoms with Crippen LogP contribution in [0.3, 0.4) is 0 Å². The summed E-state index contributed by atoms with van der Waals surface area (Å²) in [5, 5.41) is 17.4. The van der Waals surface area contributed by atoms with E-state index < -0.39 is 11.9 Å². The summed E-state index contributed by atoms with van der Waals surface area (Å²) in [7, 11) is 1.46. The summed E-state index contributed by atoms with van der Waals surface area (Å²) < 4.78 is 29.9. The lowest BCUT2D eigenvalue weighted by Crippen LogP contribution is -2.46. The number of hydrogen-bond acceptors (Lipinski definition) is 7. The minimum absolute atomic E-state index is 0.0682. The number of phenols is 1. The number of carbonyl (C=O) groups is 1. The Bertz CT molecular complexity index is 1240. The number of amides is 2. The number of urea groups is 1. The molecule has 4 rings (SSSR count). The van der Waals surface area contributed by atoms with E-state index in [1.807, 2.05) is 6.92 Å². The Labute approximate surface area is 202 Å². The van der Waals surface area contributed by atoms with Gasteiger partial charge in [0.15, 0.2) is 11.5 Å². The minimum atomic E-state index is -0.678. The van der Waals surface area contributed by atoms with Crippen LogP contribution in [0.15, 0.2) is 52.7 Å². The van der Waals surface area contributed by atoms with Crippen LogP contribution in [0.4, 0.5) is 9.18 Å². The first-order valence-corrected chi connectivity index (χ1v) is 11.3. The molecule has 2 amide bonds. The van der Waals surface area contributed by atoms with Gasteiger partial charge >= 0.3 is 6.03 Å². The number of nitrogens with one attached hydrogen (secondary N) is 1. The molecule has 2 N–H and O–H groups in total. The Balaban J connectivity index is 1.76. The van der Waals surface area contributed by atoms with Crippen LogP contribution in [0.1, 0.15) is 37.8 Å². The number of aromatic nitrogens is 2. The van der Waals surface area contributed by atoms with Crippen LogP contribution < -0.4 is 10.1 Å². The van der Waals surface area contributed by atoms with Crippen LogP contribution in [-0.2, 0) is 4.74 Å². The third-order valence-corrected chi connectivity index (χ3v) is 5.75. The van der Waals surface area contributed by atoms with Crippen molar-refractivity contribution in [3.8, 4) is 22.9 Å². The molecule has 3 aromatic rings. The Morgan fingerprint density at radius 2 is 2.09 bits per heavy atom. The third kappa shape index (κ3) is 5.12. The summed E-state index contributed by atoms with van der Waals surface area (Å²) >= 11 is 0. The van der Waals surface area contributed by atoms with Crippen molar-refractivity contribution in [3.63, 3.8) is 0 Å². The molecule has 10 heteroatoms. The Morgan fingerprint density at radius 3 is 2.80 bits per heavy atom. The summed E-state index contributed by atoms with van der Waals surface area (Å²) in [5.74, 6) is 0.220. The van der Waals surface area contributed by atoms with Crippen molar-refractivity contribution >= 4 is 11.6 Å². The fraction of sp³-hybridized carbons (Fsp3) is 0.320. The van der Waals surface area contributed by atoms with Crippen molar-refractivity contribution < 1.29 is 28.3 Å². The maximum Gasteiger partial charge on any atom is 0.322 e. The maximum absolute atomic E-state index is 13.7. The molecule has 1 aliphatic heterocycles. The molecular formula is C25H27FN4O5. The van der Waals surface area contributed by atoms with Gasteiger partial charge in [-0.3, -0.25) is 4.90 Å². The standard InChI is InChI=1S/C25H27FN4O5/c1-4-34-12-6-11-30-15(2)21(24-28-23(29-35-24)17-7-5-8-18(26)13-17)22(27-25(30)32)16-9-10-20(33-3)19(31)14-16/h5,7-10,13-14,22,31H,4,6,11-12H2,1-3H3,(H,27,32). The molecule has 0 saturated carbocycles. The van der Waals surface area contributed by atoms with E-state index >= 15 is 0 Å². The summed E-state index contributed by atoms with van der Waals surface area (Å²) in [6.07, 6.45) is 0.637. The van der Waals surface area contributed by atoms with Crippen LogP contribution in [-0.4, -0.2) is 53.0 Å². The van der Waals surface area contributed by atoms with Gasteiger partial charge in [0.1, 0.15) is 5.82 Å². The van der Waals surface area contributed by atoms with Crippen LogP contribution >= 0.6 is 0 Å². The Kier molecular flexibility index (Phi) is 7.31. The van der Waals surface area contributed by atoms with Crippen LogP contribution in [0.5, 0.6) is 11.5 Å². The number of carbonyl (C=O) groups excluding carboxylic acids is 1. The van der Waals surface area contributed by atoms with Crippen molar-refractivity contribution in [1.29, 1.82) is 0 Å². The van der Waals surface area contributed by atoms with E-state index in [9.17, 15) is 14.3 Å². The van der Waals surface area contributed by atoms with E-state index in [2.05, 4.69) is 15.5 Å². The van der Waals surface area contributed by atoms with E-state index in [4.69, 9.17) is 14.0 Å². The smallest absolute Gasteiger partial charge is 0.322 e. The predicted octanol–water partition coefficient (Wildman–Crippen LogP) is 4.51. The molecule has 1 unspecified atom stereocenters. The highest BCUT2D eigenvalue weighted by atomic mass is 19.1. The number of phenolic OH excluding ortho intramolecular Hbond substituents is 1. The first kappa shape index (κ1) is 24.2. The van der Waals surface area contributed by atoms with Crippen molar-refractivity contribution in [2.75, 3.05) is 26.9 Å². The second kappa shape index (κ2) is 10.6. The topological polar surface area (TPSA) is 110 Å². The molecule has 0 radical (unpaired) electrons. The lowest BCUT2D eigenvalue weighted by molar-refractivity contribution is 0.136. The number of aromatic hydroxyl groups is 1. The van der Waals surface area contributed by atoms with Gasteiger partial charge in [0.2, 0.25) is 5.82 Å². The molecule has 0 fully saturated rings. The summed E-state index contributed by atoms with van der Waals surface area (Å²) in [4.78, 5) is 19.1. The van der Waals surface area contributed by atoms with Gasteiger partial charge in [-0.1, -0.05) is 23.4 Å². The monoisotopic (exact) mass is 482 g/mol. The second-order valence-electron chi connectivity index (χ2n) is 7.95. The molecule has 184 valence electrons. The number of benzene rings is 2. The minimum Gasteiger partial charge on any atom is -0.504 e. The molecule has 35 heavy (non-hydrogen) atoms. The first-order chi connectivity index (χ1) is 16.9. The quantitative estimate of drug-likeness (QED) is 0.432. The van der Waals surface area contributed by atoms with E-state index in [0.717, 1.165) is 0 Å². The zero-order valence-corrected chi connectivity index (χ0v) is 19.7. The third-order valence-electron chi connectivity index (χ3n) is 5.75. The zero-order valence-electron chi connectivity index (χ0n) is 19.7. The van der Waals surface area contributed by atoms with Gasteiger partial charge in [0.05, 0.1) is 18.7 Å². The van der Waals surface area contributed by atoms with Gasteiger partial charge in [-0.15, -0.1) is 0 Å². The highest BCUT2D eigenvalue weighted by molar-refractivity contribution is 5.87. The van der Waals surface area contributed by atoms with Crippen molar-refractivity contribution in [2.45, 2.75) is 26.3 Å². The fourth-order valence-electron chi connectivity index (χ4n) is 4.01. The van der Waals surface area contributed by atoms with Crippen LogP contribution in [0, 0.1) is 5.82 Å². The Morgan fingerprint density at radius 1 is 1.26 bits per heavy atom. The molecule has 0 bridgehead atoms. The van der Waals surface area contributed by atoms with Gasteiger partial charge < -0.3 is 24.4 Å². The lowest BCUT2D eigenvalue weighted by Gasteiger charge is -2.35. The molecule has 1 atom stereocenters. The molecule has 0 aliphatic carbocycles. The largest absolute Gasteiger partial charge is 0.504 e. The van der Waals surface area contributed by atoms with E-state index in [-0.39, 0.29) is 23.5 Å². The molecule has 1 aromatic heterocycles. The lowest BCUT2D eigenvalue weighted by atomic mass is 9.94. The Hall–Kier alpha value is -3.92. The molecule has 0 saturated heterocycles. The van der Waals surface area contributed by atoms with E-state index in [1.54, 1.807) is 36.1 Å². The summed E-state index contributed by atoms with van der Waals surface area (Å²) in [5.41, 5.74) is 2.26. The zero-order chi connectivity index (χ0) is 24.9. The highest BCUT2D eigenvalue weighted by Gasteiger charge is 2.36. The SMILES string of the molecule is CCOCCCN1C(=O)NC(c2ccc(OC)c(O)c2)C(c2nc(-c3cccc(F)c3)no2)=C1C. The first-order valence-electron chi connectivity index (χ1n) is 11.3. The van der Waals surface area contributed by atoms with Crippen molar-refractivity contribution in [2.24, 2.45) is 0 Å². The van der Waals surface area contributed by atoms with Crippen LogP contribution in [0.2, 0.25) is 0 Å². The number of allylic oxidation sites excluding steroid dienone is 1. The highest BCUT2D eigenvalue weighted by Crippen LogP contribution is 2.39. The fourth-order valence-corrected chi connectivity index (χ4v) is 4.01.